The first-order chi connectivity index (χ1) is 7.84. The first-order valence-electron chi connectivity index (χ1n) is 6.00. The summed E-state index contributed by atoms with van der Waals surface area (Å²) in [5.74, 6) is 1.83. The lowest BCUT2D eigenvalue weighted by atomic mass is 9.94. The Hall–Kier alpha value is -1.22. The van der Waals surface area contributed by atoms with Crippen LogP contribution in [0.2, 0.25) is 0 Å². The molecule has 0 unspecified atom stereocenters. The average molecular weight is 219 g/mol. The molecule has 0 amide bonds. The van der Waals surface area contributed by atoms with Gasteiger partial charge in [0.15, 0.2) is 11.5 Å². The molecule has 1 N–H and O–H groups in total. The zero-order chi connectivity index (χ0) is 11.0. The standard InChI is InChI=1S/C13H17NO2/c1-9-11-8-13-12(15-5-2-6-16-13)7-10(11)3-4-14-9/h7-9,14H,2-6H2,1H3/t9-/m1/s1. The van der Waals surface area contributed by atoms with Gasteiger partial charge in [0.05, 0.1) is 13.2 Å². The van der Waals surface area contributed by atoms with E-state index in [0.29, 0.717) is 6.04 Å². The van der Waals surface area contributed by atoms with Crippen molar-refractivity contribution < 1.29 is 9.47 Å². The summed E-state index contributed by atoms with van der Waals surface area (Å²) >= 11 is 0. The van der Waals surface area contributed by atoms with Crippen LogP contribution in [0.5, 0.6) is 11.5 Å². The third-order valence-corrected chi connectivity index (χ3v) is 3.32. The fourth-order valence-corrected chi connectivity index (χ4v) is 2.42. The van der Waals surface area contributed by atoms with E-state index in [0.717, 1.165) is 44.1 Å². The molecule has 1 atom stereocenters. The summed E-state index contributed by atoms with van der Waals surface area (Å²) in [6, 6.07) is 4.72. The second kappa shape index (κ2) is 3.98. The highest BCUT2D eigenvalue weighted by Crippen LogP contribution is 2.36. The van der Waals surface area contributed by atoms with Crippen LogP contribution in [0, 0.1) is 0 Å². The van der Waals surface area contributed by atoms with Crippen LogP contribution >= 0.6 is 0 Å². The monoisotopic (exact) mass is 219 g/mol. The maximum atomic E-state index is 5.71. The lowest BCUT2D eigenvalue weighted by Gasteiger charge is -2.25. The van der Waals surface area contributed by atoms with Gasteiger partial charge in [0.25, 0.3) is 0 Å². The molecule has 2 heterocycles. The summed E-state index contributed by atoms with van der Waals surface area (Å²) in [7, 11) is 0. The van der Waals surface area contributed by atoms with E-state index in [9.17, 15) is 0 Å². The van der Waals surface area contributed by atoms with Crippen LogP contribution in [0.25, 0.3) is 0 Å². The van der Waals surface area contributed by atoms with E-state index in [4.69, 9.17) is 9.47 Å². The Morgan fingerprint density at radius 1 is 1.19 bits per heavy atom. The van der Waals surface area contributed by atoms with Crippen molar-refractivity contribution in [1.82, 2.24) is 5.32 Å². The molecule has 16 heavy (non-hydrogen) atoms. The minimum absolute atomic E-state index is 0.418. The van der Waals surface area contributed by atoms with Crippen molar-refractivity contribution in [2.75, 3.05) is 19.8 Å². The quantitative estimate of drug-likeness (QED) is 0.724. The number of hydrogen-bond acceptors (Lipinski definition) is 3. The van der Waals surface area contributed by atoms with Crippen LogP contribution in [-0.4, -0.2) is 19.8 Å². The zero-order valence-electron chi connectivity index (χ0n) is 9.58. The van der Waals surface area contributed by atoms with Crippen LogP contribution in [0.3, 0.4) is 0 Å². The van der Waals surface area contributed by atoms with E-state index >= 15 is 0 Å². The van der Waals surface area contributed by atoms with Gasteiger partial charge >= 0.3 is 0 Å². The minimum atomic E-state index is 0.418. The molecule has 3 nitrogen and oxygen atoms in total. The summed E-state index contributed by atoms with van der Waals surface area (Å²) in [6.45, 7) is 4.77. The predicted molar refractivity (Wildman–Crippen MR) is 62.2 cm³/mol. The first kappa shape index (κ1) is 9.97. The van der Waals surface area contributed by atoms with Gasteiger partial charge in [-0.2, -0.15) is 0 Å². The number of benzene rings is 1. The highest BCUT2D eigenvalue weighted by atomic mass is 16.5. The summed E-state index contributed by atoms with van der Waals surface area (Å²) in [5.41, 5.74) is 2.76. The van der Waals surface area contributed by atoms with Crippen LogP contribution in [0.4, 0.5) is 0 Å². The Morgan fingerprint density at radius 2 is 1.94 bits per heavy atom. The zero-order valence-corrected chi connectivity index (χ0v) is 9.58. The molecule has 1 aromatic rings. The molecule has 0 bridgehead atoms. The van der Waals surface area contributed by atoms with E-state index in [1.165, 1.54) is 11.1 Å². The van der Waals surface area contributed by atoms with Gasteiger partial charge < -0.3 is 14.8 Å². The Bertz CT molecular complexity index is 403. The molecule has 0 spiro atoms. The molecule has 0 radical (unpaired) electrons. The summed E-state index contributed by atoms with van der Waals surface area (Å²) in [6.07, 6.45) is 2.05. The number of nitrogens with one attached hydrogen (secondary N) is 1. The lowest BCUT2D eigenvalue weighted by molar-refractivity contribution is 0.297. The van der Waals surface area contributed by atoms with Gasteiger partial charge in [-0.3, -0.25) is 0 Å². The van der Waals surface area contributed by atoms with E-state index in [1.807, 2.05) is 0 Å². The second-order valence-corrected chi connectivity index (χ2v) is 4.47. The second-order valence-electron chi connectivity index (χ2n) is 4.47. The summed E-state index contributed by atoms with van der Waals surface area (Å²) in [5, 5.41) is 3.46. The fraction of sp³-hybridized carbons (Fsp3) is 0.538. The van der Waals surface area contributed by atoms with Crippen LogP contribution in [0.1, 0.15) is 30.5 Å². The highest BCUT2D eigenvalue weighted by molar-refractivity contribution is 5.49. The van der Waals surface area contributed by atoms with Gasteiger partial charge in [0.1, 0.15) is 0 Å². The van der Waals surface area contributed by atoms with Gasteiger partial charge in [0, 0.05) is 12.5 Å². The van der Waals surface area contributed by atoms with E-state index in [-0.39, 0.29) is 0 Å². The van der Waals surface area contributed by atoms with Gasteiger partial charge in [-0.1, -0.05) is 0 Å². The SMILES string of the molecule is C[C@H]1NCCc2cc3c(cc21)OCCCO3. The summed E-state index contributed by atoms with van der Waals surface area (Å²) in [4.78, 5) is 0. The topological polar surface area (TPSA) is 30.5 Å². The molecular weight excluding hydrogens is 202 g/mol. The third kappa shape index (κ3) is 1.65. The lowest BCUT2D eigenvalue weighted by Crippen LogP contribution is -2.27. The Morgan fingerprint density at radius 3 is 2.75 bits per heavy atom. The predicted octanol–water partition coefficient (Wildman–Crippen LogP) is 2.05. The highest BCUT2D eigenvalue weighted by Gasteiger charge is 2.20. The Balaban J connectivity index is 2.05. The molecule has 86 valence electrons. The van der Waals surface area contributed by atoms with E-state index in [2.05, 4.69) is 24.4 Å². The van der Waals surface area contributed by atoms with Crippen LogP contribution < -0.4 is 14.8 Å². The van der Waals surface area contributed by atoms with Crippen molar-refractivity contribution >= 4 is 0 Å². The van der Waals surface area contributed by atoms with Crippen molar-refractivity contribution in [2.45, 2.75) is 25.8 Å². The molecule has 3 rings (SSSR count). The molecule has 0 aliphatic carbocycles. The molecule has 2 aliphatic heterocycles. The molecule has 0 saturated heterocycles. The number of fused-ring (bicyclic) bond motifs is 2. The largest absolute Gasteiger partial charge is 0.490 e. The normalized spacial score (nSPS) is 23.4. The molecule has 1 aromatic carbocycles. The maximum Gasteiger partial charge on any atom is 0.161 e. The van der Waals surface area contributed by atoms with Crippen LogP contribution in [0.15, 0.2) is 12.1 Å². The molecular formula is C13H17NO2. The van der Waals surface area contributed by atoms with Crippen molar-refractivity contribution in [3.63, 3.8) is 0 Å². The number of hydrogen-bond donors (Lipinski definition) is 1. The van der Waals surface area contributed by atoms with Gasteiger partial charge in [-0.15, -0.1) is 0 Å². The Labute approximate surface area is 95.8 Å². The van der Waals surface area contributed by atoms with Crippen molar-refractivity contribution in [1.29, 1.82) is 0 Å². The number of rotatable bonds is 0. The average Bonchev–Trinajstić information content (AvgIpc) is 2.52. The van der Waals surface area contributed by atoms with Gasteiger partial charge in [-0.25, -0.2) is 0 Å². The third-order valence-electron chi connectivity index (χ3n) is 3.32. The minimum Gasteiger partial charge on any atom is -0.490 e. The van der Waals surface area contributed by atoms with Gasteiger partial charge in [-0.05, 0) is 43.1 Å². The molecule has 0 saturated carbocycles. The molecule has 0 fully saturated rings. The fourth-order valence-electron chi connectivity index (χ4n) is 2.42. The van der Waals surface area contributed by atoms with Crippen molar-refractivity contribution in [3.05, 3.63) is 23.3 Å². The first-order valence-corrected chi connectivity index (χ1v) is 6.00. The molecule has 3 heteroatoms. The summed E-state index contributed by atoms with van der Waals surface area (Å²) < 4.78 is 11.4. The number of ether oxygens (including phenoxy) is 2. The van der Waals surface area contributed by atoms with E-state index in [1.54, 1.807) is 0 Å². The van der Waals surface area contributed by atoms with Crippen LogP contribution in [-0.2, 0) is 6.42 Å². The Kier molecular flexibility index (Phi) is 2.48. The maximum absolute atomic E-state index is 5.71. The van der Waals surface area contributed by atoms with Crippen molar-refractivity contribution in [3.8, 4) is 11.5 Å². The van der Waals surface area contributed by atoms with E-state index < -0.39 is 0 Å². The van der Waals surface area contributed by atoms with Gasteiger partial charge in [0.2, 0.25) is 0 Å². The smallest absolute Gasteiger partial charge is 0.161 e. The molecule has 2 aliphatic rings. The van der Waals surface area contributed by atoms with Crippen molar-refractivity contribution in [2.24, 2.45) is 0 Å². The molecule has 0 aromatic heterocycles.